The maximum absolute atomic E-state index is 8.46. The number of nitriles is 1. The van der Waals surface area contributed by atoms with Gasteiger partial charge >= 0.3 is 0 Å². The van der Waals surface area contributed by atoms with Crippen molar-refractivity contribution in [3.8, 4) is 6.07 Å². The highest BCUT2D eigenvalue weighted by molar-refractivity contribution is 6.74. The van der Waals surface area contributed by atoms with Gasteiger partial charge in [-0.25, -0.2) is 0 Å². The molecular formula is C12H25NOSi. The van der Waals surface area contributed by atoms with Crippen LogP contribution in [-0.4, -0.2) is 14.4 Å². The normalized spacial score (nSPS) is 14.7. The van der Waals surface area contributed by atoms with Crippen LogP contribution in [0.3, 0.4) is 0 Å². The molecule has 2 nitrogen and oxygen atoms in total. The fourth-order valence-electron chi connectivity index (χ4n) is 1.21. The number of hydrogen-bond donors (Lipinski definition) is 0. The lowest BCUT2D eigenvalue weighted by Gasteiger charge is -2.38. The Labute approximate surface area is 95.8 Å². The van der Waals surface area contributed by atoms with Crippen molar-refractivity contribution in [1.29, 1.82) is 5.26 Å². The number of rotatable bonds is 5. The summed E-state index contributed by atoms with van der Waals surface area (Å²) in [7, 11) is -1.61. The van der Waals surface area contributed by atoms with Crippen LogP contribution >= 0.6 is 0 Å². The second kappa shape index (κ2) is 5.67. The summed E-state index contributed by atoms with van der Waals surface area (Å²) in [5, 5.41) is 8.73. The summed E-state index contributed by atoms with van der Waals surface area (Å²) < 4.78 is 6.18. The molecule has 0 unspecified atom stereocenters. The van der Waals surface area contributed by atoms with Gasteiger partial charge in [0.25, 0.3) is 0 Å². The SMILES string of the molecule is C[C@@H](CCCC#N)O[Si](C)(C)C(C)(C)C. The van der Waals surface area contributed by atoms with Crippen molar-refractivity contribution in [2.24, 2.45) is 0 Å². The Morgan fingerprint density at radius 3 is 2.27 bits per heavy atom. The van der Waals surface area contributed by atoms with Crippen LogP contribution in [0.25, 0.3) is 0 Å². The minimum Gasteiger partial charge on any atom is -0.414 e. The molecule has 0 aliphatic rings. The van der Waals surface area contributed by atoms with Gasteiger partial charge in [0.2, 0.25) is 0 Å². The fourth-order valence-corrected chi connectivity index (χ4v) is 2.68. The van der Waals surface area contributed by atoms with Crippen LogP contribution in [0.1, 0.15) is 47.0 Å². The van der Waals surface area contributed by atoms with Crippen molar-refractivity contribution in [3.05, 3.63) is 0 Å². The highest BCUT2D eigenvalue weighted by Crippen LogP contribution is 2.37. The number of hydrogen-bond acceptors (Lipinski definition) is 2. The van der Waals surface area contributed by atoms with E-state index >= 15 is 0 Å². The smallest absolute Gasteiger partial charge is 0.192 e. The Balaban J connectivity index is 4.06. The lowest BCUT2D eigenvalue weighted by atomic mass is 10.2. The molecule has 0 rings (SSSR count). The van der Waals surface area contributed by atoms with Gasteiger partial charge in [-0.15, -0.1) is 0 Å². The van der Waals surface area contributed by atoms with Crippen molar-refractivity contribution in [1.82, 2.24) is 0 Å². The quantitative estimate of drug-likeness (QED) is 0.523. The molecule has 0 aromatic heterocycles. The van der Waals surface area contributed by atoms with Crippen LogP contribution in [0.5, 0.6) is 0 Å². The van der Waals surface area contributed by atoms with Crippen LogP contribution in [0.15, 0.2) is 0 Å². The molecule has 15 heavy (non-hydrogen) atoms. The minimum absolute atomic E-state index is 0.274. The molecule has 1 atom stereocenters. The lowest BCUT2D eigenvalue weighted by molar-refractivity contribution is 0.187. The van der Waals surface area contributed by atoms with E-state index in [-0.39, 0.29) is 5.04 Å². The average Bonchev–Trinajstić information content (AvgIpc) is 2.01. The zero-order valence-electron chi connectivity index (χ0n) is 11.1. The molecule has 0 saturated carbocycles. The van der Waals surface area contributed by atoms with Gasteiger partial charge in [-0.3, -0.25) is 0 Å². The third kappa shape index (κ3) is 5.34. The summed E-state index contributed by atoms with van der Waals surface area (Å²) in [6, 6.07) is 2.17. The molecule has 3 heteroatoms. The summed E-state index contributed by atoms with van der Waals surface area (Å²) in [5.41, 5.74) is 0. The highest BCUT2D eigenvalue weighted by Gasteiger charge is 2.38. The highest BCUT2D eigenvalue weighted by atomic mass is 28.4. The van der Waals surface area contributed by atoms with Gasteiger partial charge in [-0.05, 0) is 37.9 Å². The van der Waals surface area contributed by atoms with E-state index in [2.05, 4.69) is 46.9 Å². The molecule has 0 aromatic rings. The van der Waals surface area contributed by atoms with Crippen LogP contribution in [0.2, 0.25) is 18.1 Å². The largest absolute Gasteiger partial charge is 0.414 e. The first-order chi connectivity index (χ1) is 6.70. The number of unbranched alkanes of at least 4 members (excludes halogenated alkanes) is 1. The minimum atomic E-state index is -1.61. The molecule has 0 spiro atoms. The summed E-state index contributed by atoms with van der Waals surface area (Å²) in [6.45, 7) is 13.4. The van der Waals surface area contributed by atoms with E-state index in [1.54, 1.807) is 0 Å². The van der Waals surface area contributed by atoms with E-state index in [1.807, 2.05) is 0 Å². The van der Waals surface area contributed by atoms with Crippen LogP contribution in [0, 0.1) is 11.3 Å². The van der Waals surface area contributed by atoms with Crippen LogP contribution in [0.4, 0.5) is 0 Å². The van der Waals surface area contributed by atoms with Crippen molar-refractivity contribution >= 4 is 8.32 Å². The monoisotopic (exact) mass is 227 g/mol. The molecule has 0 heterocycles. The van der Waals surface area contributed by atoms with E-state index in [4.69, 9.17) is 9.69 Å². The molecule has 0 fully saturated rings. The van der Waals surface area contributed by atoms with Crippen molar-refractivity contribution in [2.75, 3.05) is 0 Å². The van der Waals surface area contributed by atoms with Crippen molar-refractivity contribution in [2.45, 2.75) is 71.2 Å². The average molecular weight is 227 g/mol. The Morgan fingerprint density at radius 1 is 1.33 bits per heavy atom. The maximum Gasteiger partial charge on any atom is 0.192 e. The van der Waals surface area contributed by atoms with Gasteiger partial charge in [-0.2, -0.15) is 5.26 Å². The third-order valence-corrected chi connectivity index (χ3v) is 7.81. The summed E-state index contributed by atoms with van der Waals surface area (Å²) >= 11 is 0. The Morgan fingerprint density at radius 2 is 1.87 bits per heavy atom. The second-order valence-electron chi connectivity index (χ2n) is 5.74. The van der Waals surface area contributed by atoms with Crippen molar-refractivity contribution in [3.63, 3.8) is 0 Å². The summed E-state index contributed by atoms with van der Waals surface area (Å²) in [6.07, 6.45) is 2.89. The molecule has 0 aromatic carbocycles. The number of nitrogens with zero attached hydrogens (tertiary/aromatic N) is 1. The Kier molecular flexibility index (Phi) is 5.54. The van der Waals surface area contributed by atoms with E-state index in [9.17, 15) is 0 Å². The van der Waals surface area contributed by atoms with Gasteiger partial charge in [0.05, 0.1) is 6.07 Å². The predicted molar refractivity (Wildman–Crippen MR) is 67.2 cm³/mol. The first kappa shape index (κ1) is 14.7. The zero-order valence-corrected chi connectivity index (χ0v) is 12.1. The van der Waals surface area contributed by atoms with Crippen LogP contribution < -0.4 is 0 Å². The van der Waals surface area contributed by atoms with Crippen molar-refractivity contribution < 1.29 is 4.43 Å². The fraction of sp³-hybridized carbons (Fsp3) is 0.917. The Hall–Kier alpha value is -0.333. The molecule has 88 valence electrons. The van der Waals surface area contributed by atoms with Gasteiger partial charge in [0, 0.05) is 12.5 Å². The maximum atomic E-state index is 8.46. The lowest BCUT2D eigenvalue weighted by Crippen LogP contribution is -2.43. The summed E-state index contributed by atoms with van der Waals surface area (Å²) in [4.78, 5) is 0. The molecule has 0 N–H and O–H groups in total. The third-order valence-electron chi connectivity index (χ3n) is 3.20. The molecule has 0 radical (unpaired) electrons. The van der Waals surface area contributed by atoms with Gasteiger partial charge in [-0.1, -0.05) is 20.8 Å². The zero-order chi connectivity index (χ0) is 12.1. The summed E-state index contributed by atoms with van der Waals surface area (Å²) in [5.74, 6) is 0. The Bertz CT molecular complexity index is 225. The molecule has 0 aliphatic carbocycles. The van der Waals surface area contributed by atoms with Gasteiger partial charge < -0.3 is 4.43 Å². The van der Waals surface area contributed by atoms with E-state index in [0.29, 0.717) is 12.5 Å². The molecule has 0 amide bonds. The molecule has 0 saturated heterocycles. The van der Waals surface area contributed by atoms with E-state index < -0.39 is 8.32 Å². The standard InChI is InChI=1S/C12H25NOSi/c1-11(9-7-8-10-13)14-15(5,6)12(2,3)4/h11H,7-9H2,1-6H3/t11-/m0/s1. The van der Waals surface area contributed by atoms with Gasteiger partial charge in [0.1, 0.15) is 0 Å². The topological polar surface area (TPSA) is 33.0 Å². The van der Waals surface area contributed by atoms with E-state index in [1.165, 1.54) is 0 Å². The second-order valence-corrected chi connectivity index (χ2v) is 10.5. The van der Waals surface area contributed by atoms with Gasteiger partial charge in [0.15, 0.2) is 8.32 Å². The van der Waals surface area contributed by atoms with E-state index in [0.717, 1.165) is 12.8 Å². The van der Waals surface area contributed by atoms with Crippen LogP contribution in [-0.2, 0) is 4.43 Å². The molecule has 0 bridgehead atoms. The predicted octanol–water partition coefficient (Wildman–Crippen LogP) is 4.09. The molecule has 0 aliphatic heterocycles. The molecular weight excluding hydrogens is 202 g/mol. The first-order valence-corrected chi connectivity index (χ1v) is 8.66. The first-order valence-electron chi connectivity index (χ1n) is 5.75.